The Hall–Kier alpha value is -2.92. The van der Waals surface area contributed by atoms with Gasteiger partial charge in [0.05, 0.1) is 19.5 Å². The fourth-order valence-electron chi connectivity index (χ4n) is 4.97. The van der Waals surface area contributed by atoms with E-state index in [1.165, 1.54) is 13.8 Å². The molecule has 0 saturated carbocycles. The molecule has 1 saturated heterocycles. The maximum Gasteiger partial charge on any atom is 0.481 e. The van der Waals surface area contributed by atoms with Crippen molar-refractivity contribution in [3.63, 3.8) is 0 Å². The molecule has 2 aromatic heterocycles. The quantitative estimate of drug-likeness (QED) is 0.0402. The molecule has 0 spiro atoms. The minimum atomic E-state index is -5.57. The number of hydrogen-bond acceptors (Lipinski definition) is 18. The van der Waals surface area contributed by atoms with E-state index in [4.69, 9.17) is 19.5 Å². The first-order valence-corrected chi connectivity index (χ1v) is 23.0. The van der Waals surface area contributed by atoms with E-state index in [0.717, 1.165) is 48.2 Å². The number of ether oxygens (including phenoxy) is 1. The van der Waals surface area contributed by atoms with Crippen LogP contribution in [0.2, 0.25) is 0 Å². The summed E-state index contributed by atoms with van der Waals surface area (Å²) in [7, 11) is -16.4. The number of aliphatic hydroxyl groups excluding tert-OH is 2. The van der Waals surface area contributed by atoms with Gasteiger partial charge in [-0.15, -0.1) is 5.73 Å². The van der Waals surface area contributed by atoms with Crippen LogP contribution in [0.15, 0.2) is 30.5 Å². The SMILES string of the molecule is CCCCC=C=CCC(=O)SCCNC(=O)CCNC(=O)[C@@H](O)C(C)(C)COP(=O)(O)OP(=O)(O)OC[C@H]1O[C@@H](n2cnc3c(N)ncnc32)[C@H](O)[C@@H]1OP(=O)(O)O. The number of phosphoric ester groups is 3. The molecule has 1 fully saturated rings. The zero-order valence-corrected chi connectivity index (χ0v) is 35.1. The van der Waals surface area contributed by atoms with Crippen LogP contribution in [0.3, 0.4) is 0 Å². The summed E-state index contributed by atoms with van der Waals surface area (Å²) >= 11 is 1.05. The van der Waals surface area contributed by atoms with Crippen molar-refractivity contribution in [1.29, 1.82) is 0 Å². The van der Waals surface area contributed by atoms with Crippen molar-refractivity contribution in [2.24, 2.45) is 5.41 Å². The van der Waals surface area contributed by atoms with E-state index in [1.807, 2.05) is 6.08 Å². The van der Waals surface area contributed by atoms with Crippen LogP contribution in [0.1, 0.15) is 59.1 Å². The van der Waals surface area contributed by atoms with Crippen molar-refractivity contribution >= 4 is 69.1 Å². The van der Waals surface area contributed by atoms with Crippen LogP contribution in [-0.4, -0.2) is 123 Å². The highest BCUT2D eigenvalue weighted by molar-refractivity contribution is 8.13. The Balaban J connectivity index is 1.45. The summed E-state index contributed by atoms with van der Waals surface area (Å²) in [5.41, 5.74) is 7.22. The highest BCUT2D eigenvalue weighted by atomic mass is 32.2. The van der Waals surface area contributed by atoms with Crippen molar-refractivity contribution in [1.82, 2.24) is 30.2 Å². The molecule has 3 heterocycles. The van der Waals surface area contributed by atoms with Gasteiger partial charge in [0.2, 0.25) is 11.8 Å². The molecule has 24 nitrogen and oxygen atoms in total. The normalized spacial score (nSPS) is 21.1. The first-order chi connectivity index (χ1) is 27.1. The highest BCUT2D eigenvalue weighted by Gasteiger charge is 2.50. The zero-order chi connectivity index (χ0) is 43.3. The molecule has 10 N–H and O–H groups in total. The minimum absolute atomic E-state index is 0.0300. The van der Waals surface area contributed by atoms with Crippen molar-refractivity contribution in [2.75, 3.05) is 37.8 Å². The third-order valence-corrected chi connectivity index (χ3v) is 12.0. The third-order valence-electron chi connectivity index (χ3n) is 7.97. The minimum Gasteiger partial charge on any atom is -0.386 e. The van der Waals surface area contributed by atoms with E-state index >= 15 is 0 Å². The molecule has 2 unspecified atom stereocenters. The molecule has 0 radical (unpaired) electrons. The van der Waals surface area contributed by atoms with Gasteiger partial charge in [-0.05, 0) is 25.0 Å². The van der Waals surface area contributed by atoms with Crippen LogP contribution in [0.25, 0.3) is 11.2 Å². The van der Waals surface area contributed by atoms with Crippen molar-refractivity contribution in [3.8, 4) is 0 Å². The Morgan fingerprint density at radius 1 is 1.09 bits per heavy atom. The molecule has 326 valence electrons. The van der Waals surface area contributed by atoms with Gasteiger partial charge in [-0.1, -0.05) is 39.0 Å². The molecule has 0 aromatic carbocycles. The molecular formula is C30H48N7O17P3S. The topological polar surface area (TPSA) is 364 Å². The number of carbonyl (C=O) groups excluding carboxylic acids is 3. The van der Waals surface area contributed by atoms with Crippen molar-refractivity contribution < 1.29 is 80.5 Å². The summed E-state index contributed by atoms with van der Waals surface area (Å²) in [5.74, 6) is -1.13. The summed E-state index contributed by atoms with van der Waals surface area (Å²) < 4.78 is 62.1. The number of nitrogens with two attached hydrogens (primary N) is 1. The number of fused-ring (bicyclic) bond motifs is 1. The number of carbonyl (C=O) groups is 3. The number of amides is 2. The number of nitrogens with zero attached hydrogens (tertiary/aromatic N) is 4. The lowest BCUT2D eigenvalue weighted by atomic mass is 9.87. The van der Waals surface area contributed by atoms with E-state index in [2.05, 4.69) is 47.1 Å². The second-order valence-corrected chi connectivity index (χ2v) is 18.6. The van der Waals surface area contributed by atoms with Gasteiger partial charge in [0, 0.05) is 37.1 Å². The lowest BCUT2D eigenvalue weighted by molar-refractivity contribution is -0.137. The second kappa shape index (κ2) is 22.1. The van der Waals surface area contributed by atoms with Crippen molar-refractivity contribution in [3.05, 3.63) is 30.5 Å². The number of anilines is 1. The molecule has 0 bridgehead atoms. The zero-order valence-electron chi connectivity index (χ0n) is 31.6. The number of aliphatic hydroxyl groups is 2. The first kappa shape index (κ1) is 49.4. The van der Waals surface area contributed by atoms with Crippen LogP contribution in [0, 0.1) is 5.41 Å². The van der Waals surface area contributed by atoms with Gasteiger partial charge in [-0.3, -0.25) is 32.5 Å². The number of thioether (sulfide) groups is 1. The fourth-order valence-corrected chi connectivity index (χ4v) is 8.43. The lowest BCUT2D eigenvalue weighted by Crippen LogP contribution is -2.46. The van der Waals surface area contributed by atoms with Crippen LogP contribution in [0.4, 0.5) is 5.82 Å². The van der Waals surface area contributed by atoms with Crippen molar-refractivity contribution in [2.45, 2.75) is 83.5 Å². The Kier molecular flexibility index (Phi) is 18.8. The van der Waals surface area contributed by atoms with Gasteiger partial charge in [-0.2, -0.15) is 4.31 Å². The van der Waals surface area contributed by atoms with Gasteiger partial charge >= 0.3 is 23.5 Å². The first-order valence-electron chi connectivity index (χ1n) is 17.5. The molecule has 7 atom stereocenters. The number of allylic oxidation sites excluding steroid dienone is 1. The van der Waals surface area contributed by atoms with Gasteiger partial charge in [0.25, 0.3) is 0 Å². The third kappa shape index (κ3) is 15.9. The molecule has 1 aliphatic rings. The average molecular weight is 904 g/mol. The van der Waals surface area contributed by atoms with E-state index in [9.17, 15) is 57.9 Å². The molecule has 3 rings (SSSR count). The monoisotopic (exact) mass is 903 g/mol. The van der Waals surface area contributed by atoms with E-state index < -0.39 is 84.6 Å². The Bertz CT molecular complexity index is 1940. The number of rotatable bonds is 24. The number of imidazole rings is 1. The lowest BCUT2D eigenvalue weighted by Gasteiger charge is -2.30. The van der Waals surface area contributed by atoms with Gasteiger partial charge in [0.15, 0.2) is 22.8 Å². The predicted molar refractivity (Wildman–Crippen MR) is 204 cm³/mol. The number of unbranched alkanes of at least 4 members (excludes halogenated alkanes) is 2. The maximum absolute atomic E-state index is 12.7. The van der Waals surface area contributed by atoms with Gasteiger partial charge < -0.3 is 50.9 Å². The number of aromatic nitrogens is 4. The number of nitrogen functional groups attached to an aromatic ring is 1. The fraction of sp³-hybridized carbons (Fsp3) is 0.633. The van der Waals surface area contributed by atoms with Crippen LogP contribution < -0.4 is 16.4 Å². The molecule has 0 aliphatic carbocycles. The summed E-state index contributed by atoms with van der Waals surface area (Å²) in [6.07, 6.45) is -0.173. The van der Waals surface area contributed by atoms with Crippen LogP contribution in [0.5, 0.6) is 0 Å². The summed E-state index contributed by atoms with van der Waals surface area (Å²) in [6, 6.07) is 0. The van der Waals surface area contributed by atoms with Gasteiger partial charge in [0.1, 0.15) is 36.3 Å². The number of phosphoric acid groups is 3. The molecule has 28 heteroatoms. The predicted octanol–water partition coefficient (Wildman–Crippen LogP) is 0.956. The molecular weight excluding hydrogens is 855 g/mol. The molecule has 58 heavy (non-hydrogen) atoms. The summed E-state index contributed by atoms with van der Waals surface area (Å²) in [6.45, 7) is 2.56. The smallest absolute Gasteiger partial charge is 0.386 e. The van der Waals surface area contributed by atoms with E-state index in [1.54, 1.807) is 6.08 Å². The Morgan fingerprint density at radius 3 is 2.48 bits per heavy atom. The highest BCUT2D eigenvalue weighted by Crippen LogP contribution is 2.61. The second-order valence-electron chi connectivity index (χ2n) is 13.2. The van der Waals surface area contributed by atoms with Crippen LogP contribution in [-0.2, 0) is 50.7 Å². The summed E-state index contributed by atoms with van der Waals surface area (Å²) in [5, 5.41) is 26.3. The molecule has 2 amide bonds. The number of nitrogens with one attached hydrogen (secondary N) is 2. The average Bonchev–Trinajstić information content (AvgIpc) is 3.69. The largest absolute Gasteiger partial charge is 0.481 e. The molecule has 1 aliphatic heterocycles. The van der Waals surface area contributed by atoms with E-state index in [-0.39, 0.29) is 48.0 Å². The van der Waals surface area contributed by atoms with Crippen LogP contribution >= 0.6 is 35.2 Å². The Labute approximate surface area is 336 Å². The molecule has 2 aromatic rings. The maximum atomic E-state index is 12.7. The summed E-state index contributed by atoms with van der Waals surface area (Å²) in [4.78, 5) is 87.6. The number of hydrogen-bond donors (Lipinski definition) is 9. The van der Waals surface area contributed by atoms with E-state index in [0.29, 0.717) is 5.75 Å². The standard InChI is InChI=1S/C30H48N7O17P3S/c1-4-5-6-7-8-9-10-21(39)58-14-13-32-20(38)11-12-33-28(42)25(41)30(2,3)16-51-57(48,49)54-56(46,47)50-15-19-24(53-55(43,44)45)23(40)29(52-19)37-18-36-22-26(31)34-17-35-27(22)37/h7,9,17-19,23-25,29,40-41H,4-6,10-16H2,1-3H3,(H,32,38)(H,33,42)(H,46,47)(H,48,49)(H2,31,34,35)(H2,43,44,45)/t8?,19-,23-,24-,25-,29-/m1/s1. The van der Waals surface area contributed by atoms with Gasteiger partial charge in [-0.25, -0.2) is 28.6 Å². The Morgan fingerprint density at radius 2 is 1.79 bits per heavy atom.